The number of piperidine rings is 2. The predicted molar refractivity (Wildman–Crippen MR) is 214 cm³/mol. The number of fused-ring (bicyclic) bond motifs is 2. The van der Waals surface area contributed by atoms with Gasteiger partial charge in [0.15, 0.2) is 0 Å². The molecule has 0 bridgehead atoms. The summed E-state index contributed by atoms with van der Waals surface area (Å²) in [5.74, 6) is 0. The fraction of sp³-hybridized carbons (Fsp3) is 0.366. The first kappa shape index (κ1) is 37.7. The third-order valence-electron chi connectivity index (χ3n) is 10.9. The number of hydrogen-bond donors (Lipinski definition) is 4. The molecule has 0 spiro atoms. The van der Waals surface area contributed by atoms with Crippen molar-refractivity contribution in [3.63, 3.8) is 0 Å². The van der Waals surface area contributed by atoms with Crippen LogP contribution in [0.3, 0.4) is 0 Å². The van der Waals surface area contributed by atoms with E-state index in [9.17, 15) is 24.3 Å². The van der Waals surface area contributed by atoms with Crippen molar-refractivity contribution >= 4 is 45.6 Å². The summed E-state index contributed by atoms with van der Waals surface area (Å²) >= 11 is 1.77. The molecule has 288 valence electrons. The van der Waals surface area contributed by atoms with Crippen molar-refractivity contribution in [1.29, 1.82) is 0 Å². The van der Waals surface area contributed by atoms with Gasteiger partial charge in [0.05, 0.1) is 22.1 Å². The maximum atomic E-state index is 12.8. The lowest BCUT2D eigenvalue weighted by atomic mass is 9.93. The molecule has 2 atom stereocenters. The van der Waals surface area contributed by atoms with Crippen LogP contribution in [0, 0.1) is 0 Å². The molecule has 14 heteroatoms. The highest BCUT2D eigenvalue weighted by atomic mass is 32.1. The molecule has 3 aromatic carbocycles. The lowest BCUT2D eigenvalue weighted by Crippen LogP contribution is -2.47. The Kier molecular flexibility index (Phi) is 11.8. The van der Waals surface area contributed by atoms with Crippen LogP contribution in [-0.4, -0.2) is 88.4 Å². The Hall–Kier alpha value is -5.60. The van der Waals surface area contributed by atoms with Gasteiger partial charge < -0.3 is 30.0 Å². The second-order valence-electron chi connectivity index (χ2n) is 14.4. The molecule has 2 aliphatic rings. The highest BCUT2D eigenvalue weighted by Crippen LogP contribution is 2.31. The van der Waals surface area contributed by atoms with Crippen LogP contribution in [0.25, 0.3) is 22.1 Å². The summed E-state index contributed by atoms with van der Waals surface area (Å²) < 4.78 is 3.59. The number of imidazole rings is 2. The van der Waals surface area contributed by atoms with E-state index in [2.05, 4.69) is 56.6 Å². The molecular formula is C41H47N7O6S. The summed E-state index contributed by atoms with van der Waals surface area (Å²) in [4.78, 5) is 60.2. The number of nitrogens with one attached hydrogen (secondary N) is 2. The molecular weight excluding hydrogens is 719 g/mol. The molecule has 2 fully saturated rings. The second-order valence-corrected chi connectivity index (χ2v) is 15.4. The van der Waals surface area contributed by atoms with Gasteiger partial charge in [0.1, 0.15) is 0 Å². The van der Waals surface area contributed by atoms with E-state index in [1.54, 1.807) is 20.8 Å². The number of para-hydroxylation sites is 4. The number of amides is 2. The zero-order chi connectivity index (χ0) is 38.3. The van der Waals surface area contributed by atoms with E-state index in [4.69, 9.17) is 5.11 Å². The van der Waals surface area contributed by atoms with Gasteiger partial charge in [0.2, 0.25) is 0 Å². The Morgan fingerprint density at radius 2 is 1.31 bits per heavy atom. The van der Waals surface area contributed by atoms with E-state index in [1.165, 1.54) is 15.3 Å². The average Bonchev–Trinajstić information content (AvgIpc) is 3.91. The van der Waals surface area contributed by atoms with Crippen LogP contribution in [0.2, 0.25) is 0 Å². The van der Waals surface area contributed by atoms with E-state index >= 15 is 0 Å². The molecule has 8 rings (SSSR count). The summed E-state index contributed by atoms with van der Waals surface area (Å²) in [6.45, 7) is 4.03. The number of carboxylic acid groups (broad SMARTS) is 2. The number of aromatic amines is 2. The topological polar surface area (TPSA) is 160 Å². The molecule has 4 N–H and O–H groups in total. The van der Waals surface area contributed by atoms with E-state index in [1.807, 2.05) is 59.2 Å². The minimum atomic E-state index is -0.885. The number of nitrogens with zero attached hydrogens (tertiary/aromatic N) is 5. The Balaban J connectivity index is 0.000000205. The van der Waals surface area contributed by atoms with E-state index in [0.717, 1.165) is 54.5 Å². The van der Waals surface area contributed by atoms with Crippen LogP contribution >= 0.6 is 11.3 Å². The van der Waals surface area contributed by atoms with Gasteiger partial charge in [0, 0.05) is 55.7 Å². The average molecular weight is 766 g/mol. The predicted octanol–water partition coefficient (Wildman–Crippen LogP) is 7.20. The Bertz CT molecular complexity index is 2310. The third kappa shape index (κ3) is 8.87. The number of thiophene rings is 1. The van der Waals surface area contributed by atoms with Crippen molar-refractivity contribution in [2.75, 3.05) is 26.2 Å². The summed E-state index contributed by atoms with van der Waals surface area (Å²) in [6, 6.07) is 30.0. The fourth-order valence-corrected chi connectivity index (χ4v) is 8.95. The van der Waals surface area contributed by atoms with Crippen LogP contribution in [0.1, 0.15) is 61.0 Å². The number of aromatic nitrogens is 4. The normalized spacial score (nSPS) is 17.8. The van der Waals surface area contributed by atoms with Crippen LogP contribution in [0.15, 0.2) is 106 Å². The number of rotatable bonds is 10. The summed E-state index contributed by atoms with van der Waals surface area (Å²) in [5, 5.41) is 20.9. The summed E-state index contributed by atoms with van der Waals surface area (Å²) in [6.07, 6.45) is 2.55. The van der Waals surface area contributed by atoms with Crippen molar-refractivity contribution in [1.82, 2.24) is 33.8 Å². The van der Waals surface area contributed by atoms with Crippen LogP contribution in [-0.2, 0) is 13.1 Å². The smallest absolute Gasteiger partial charge is 0.407 e. The van der Waals surface area contributed by atoms with E-state index in [-0.39, 0.29) is 29.5 Å². The molecule has 2 aliphatic heterocycles. The van der Waals surface area contributed by atoms with Crippen LogP contribution in [0.4, 0.5) is 9.59 Å². The summed E-state index contributed by atoms with van der Waals surface area (Å²) in [5.41, 5.74) is 4.47. The molecule has 13 nitrogen and oxygen atoms in total. The van der Waals surface area contributed by atoms with Gasteiger partial charge in [-0.3, -0.25) is 14.0 Å². The Morgan fingerprint density at radius 3 is 1.91 bits per heavy atom. The third-order valence-corrected chi connectivity index (χ3v) is 11.7. The van der Waals surface area contributed by atoms with Gasteiger partial charge in [-0.25, -0.2) is 19.2 Å². The SMILES string of the molecule is O=C(O)N1CCC(n2c(=O)[nH]c3ccccc32)CC1.O=C(O)N1CCC(n2c(=O)[nH]c3ccccc32)C[C@@H]1CCCN(Cc1ccccc1)Cc1cccs1. The van der Waals surface area contributed by atoms with E-state index < -0.39 is 12.2 Å². The molecule has 6 aromatic rings. The second kappa shape index (κ2) is 17.2. The molecule has 0 radical (unpaired) electrons. The van der Waals surface area contributed by atoms with Crippen LogP contribution in [0.5, 0.6) is 0 Å². The lowest BCUT2D eigenvalue weighted by molar-refractivity contribution is 0.0853. The molecule has 0 saturated carbocycles. The molecule has 1 unspecified atom stereocenters. The van der Waals surface area contributed by atoms with Crippen molar-refractivity contribution in [3.8, 4) is 0 Å². The van der Waals surface area contributed by atoms with Crippen LogP contribution < -0.4 is 11.4 Å². The lowest BCUT2D eigenvalue weighted by Gasteiger charge is -2.38. The van der Waals surface area contributed by atoms with E-state index in [0.29, 0.717) is 45.3 Å². The number of likely N-dealkylation sites (tertiary alicyclic amines) is 2. The number of H-pyrrole nitrogens is 2. The number of hydrogen-bond acceptors (Lipinski definition) is 6. The quantitative estimate of drug-likeness (QED) is 0.115. The summed E-state index contributed by atoms with van der Waals surface area (Å²) in [7, 11) is 0. The Morgan fingerprint density at radius 1 is 0.709 bits per heavy atom. The Labute approximate surface area is 322 Å². The van der Waals surface area contributed by atoms with Crippen molar-refractivity contribution in [2.45, 2.75) is 69.7 Å². The zero-order valence-corrected chi connectivity index (χ0v) is 31.4. The molecule has 2 saturated heterocycles. The first-order valence-electron chi connectivity index (χ1n) is 18.9. The van der Waals surface area contributed by atoms with Crippen molar-refractivity contribution in [2.24, 2.45) is 0 Å². The molecule has 2 amide bonds. The van der Waals surface area contributed by atoms with Gasteiger partial charge >= 0.3 is 23.6 Å². The van der Waals surface area contributed by atoms with Gasteiger partial charge in [-0.05, 0) is 86.3 Å². The first-order chi connectivity index (χ1) is 26.7. The monoisotopic (exact) mass is 765 g/mol. The standard InChI is InChI=1S/C28H32N4O3S.C13H15N3O3/c33-27-29-25-12-4-5-13-26(25)32(27)23-14-16-31(28(34)35)22(18-23)10-6-15-30(20-24-11-7-17-36-24)19-21-8-2-1-3-9-21;17-12-14-10-3-1-2-4-11(10)16(12)9-5-7-15(8-6-9)13(18)19/h1-5,7-9,11-13,17,22-23H,6,10,14-16,18-20H2,(H,29,33)(H,34,35);1-4,9H,5-8H2,(H,14,17)(H,18,19)/t22-,23?;/m0./s1. The molecule has 55 heavy (non-hydrogen) atoms. The van der Waals surface area contributed by atoms with Gasteiger partial charge in [-0.2, -0.15) is 0 Å². The van der Waals surface area contributed by atoms with Crippen molar-refractivity contribution in [3.05, 3.63) is 128 Å². The maximum absolute atomic E-state index is 12.8. The van der Waals surface area contributed by atoms with Gasteiger partial charge in [-0.1, -0.05) is 60.7 Å². The molecule has 5 heterocycles. The largest absolute Gasteiger partial charge is 0.465 e. The minimum Gasteiger partial charge on any atom is -0.465 e. The zero-order valence-electron chi connectivity index (χ0n) is 30.6. The van der Waals surface area contributed by atoms with Gasteiger partial charge in [-0.15, -0.1) is 11.3 Å². The highest BCUT2D eigenvalue weighted by molar-refractivity contribution is 7.09. The maximum Gasteiger partial charge on any atom is 0.407 e. The highest BCUT2D eigenvalue weighted by Gasteiger charge is 2.33. The number of carbonyl (C=O) groups is 2. The minimum absolute atomic E-state index is 0.0132. The van der Waals surface area contributed by atoms with Gasteiger partial charge in [0.25, 0.3) is 0 Å². The molecule has 0 aliphatic carbocycles. The fourth-order valence-electron chi connectivity index (χ4n) is 8.21. The molecule has 3 aromatic heterocycles. The first-order valence-corrected chi connectivity index (χ1v) is 19.8. The van der Waals surface area contributed by atoms with Crippen molar-refractivity contribution < 1.29 is 19.8 Å². The number of benzene rings is 3.